The minimum Gasteiger partial charge on any atom is -0.358 e. The average Bonchev–Trinajstić information content (AvgIpc) is 2.63. The first-order valence-corrected chi connectivity index (χ1v) is 6.89. The number of rotatable bonds is 5. The SMILES string of the molecule is Cc1[nH]c2c(C)cccc2c1CCCNC(C)C. The monoisotopic (exact) mass is 244 g/mol. The lowest BCUT2D eigenvalue weighted by Crippen LogP contribution is -2.23. The van der Waals surface area contributed by atoms with Crippen molar-refractivity contribution in [3.63, 3.8) is 0 Å². The first kappa shape index (κ1) is 13.2. The van der Waals surface area contributed by atoms with Gasteiger partial charge in [-0.05, 0) is 44.4 Å². The highest BCUT2D eigenvalue weighted by Gasteiger charge is 2.09. The van der Waals surface area contributed by atoms with Crippen molar-refractivity contribution in [3.05, 3.63) is 35.0 Å². The van der Waals surface area contributed by atoms with Crippen molar-refractivity contribution in [1.29, 1.82) is 0 Å². The van der Waals surface area contributed by atoms with E-state index in [1.165, 1.54) is 34.1 Å². The van der Waals surface area contributed by atoms with Gasteiger partial charge in [-0.25, -0.2) is 0 Å². The van der Waals surface area contributed by atoms with Crippen molar-refractivity contribution in [2.24, 2.45) is 0 Å². The maximum atomic E-state index is 3.52. The van der Waals surface area contributed by atoms with Gasteiger partial charge in [-0.1, -0.05) is 32.0 Å². The molecule has 0 aliphatic heterocycles. The van der Waals surface area contributed by atoms with Gasteiger partial charge in [0.1, 0.15) is 0 Å². The molecule has 0 unspecified atom stereocenters. The Balaban J connectivity index is 2.13. The summed E-state index contributed by atoms with van der Waals surface area (Å²) in [6, 6.07) is 7.14. The van der Waals surface area contributed by atoms with Gasteiger partial charge >= 0.3 is 0 Å². The fourth-order valence-corrected chi connectivity index (χ4v) is 2.53. The zero-order chi connectivity index (χ0) is 13.1. The summed E-state index contributed by atoms with van der Waals surface area (Å²) in [6.07, 6.45) is 2.34. The summed E-state index contributed by atoms with van der Waals surface area (Å²) >= 11 is 0. The van der Waals surface area contributed by atoms with E-state index in [0.717, 1.165) is 13.0 Å². The highest BCUT2D eigenvalue weighted by Crippen LogP contribution is 2.25. The second-order valence-electron chi connectivity index (χ2n) is 5.44. The molecule has 0 radical (unpaired) electrons. The van der Waals surface area contributed by atoms with Crippen molar-refractivity contribution < 1.29 is 0 Å². The molecule has 0 spiro atoms. The molecule has 0 saturated heterocycles. The van der Waals surface area contributed by atoms with Crippen LogP contribution in [0.5, 0.6) is 0 Å². The number of hydrogen-bond donors (Lipinski definition) is 2. The van der Waals surface area contributed by atoms with Crippen LogP contribution in [-0.2, 0) is 6.42 Å². The number of H-pyrrole nitrogens is 1. The molecule has 2 nitrogen and oxygen atoms in total. The fraction of sp³-hybridized carbons (Fsp3) is 0.500. The quantitative estimate of drug-likeness (QED) is 0.771. The first-order valence-electron chi connectivity index (χ1n) is 6.89. The number of fused-ring (bicyclic) bond motifs is 1. The second kappa shape index (κ2) is 5.57. The highest BCUT2D eigenvalue weighted by atomic mass is 14.9. The Bertz CT molecular complexity index is 523. The van der Waals surface area contributed by atoms with E-state index in [1.807, 2.05) is 0 Å². The Labute approximate surface area is 110 Å². The number of aryl methyl sites for hydroxylation is 3. The number of hydrogen-bond acceptors (Lipinski definition) is 1. The molecule has 1 aromatic carbocycles. The molecule has 2 aromatic rings. The van der Waals surface area contributed by atoms with Crippen LogP contribution in [0.1, 0.15) is 37.1 Å². The van der Waals surface area contributed by atoms with Crippen LogP contribution in [0.2, 0.25) is 0 Å². The summed E-state index contributed by atoms with van der Waals surface area (Å²) in [4.78, 5) is 3.52. The van der Waals surface area contributed by atoms with Crippen molar-refractivity contribution in [2.75, 3.05) is 6.54 Å². The number of nitrogens with one attached hydrogen (secondary N) is 2. The smallest absolute Gasteiger partial charge is 0.0488 e. The third kappa shape index (κ3) is 2.75. The Morgan fingerprint density at radius 1 is 1.22 bits per heavy atom. The molecule has 0 saturated carbocycles. The second-order valence-corrected chi connectivity index (χ2v) is 5.44. The predicted octanol–water partition coefficient (Wildman–Crippen LogP) is 3.72. The Kier molecular flexibility index (Phi) is 4.07. The van der Waals surface area contributed by atoms with E-state index < -0.39 is 0 Å². The van der Waals surface area contributed by atoms with Crippen LogP contribution in [0.25, 0.3) is 10.9 Å². The summed E-state index contributed by atoms with van der Waals surface area (Å²) in [7, 11) is 0. The van der Waals surface area contributed by atoms with E-state index in [1.54, 1.807) is 0 Å². The summed E-state index contributed by atoms with van der Waals surface area (Å²) < 4.78 is 0. The largest absolute Gasteiger partial charge is 0.358 e. The van der Waals surface area contributed by atoms with Crippen molar-refractivity contribution >= 4 is 10.9 Å². The van der Waals surface area contributed by atoms with Gasteiger partial charge in [0, 0.05) is 22.6 Å². The van der Waals surface area contributed by atoms with E-state index in [2.05, 4.69) is 56.2 Å². The molecule has 2 heteroatoms. The normalized spacial score (nSPS) is 11.6. The Hall–Kier alpha value is -1.28. The van der Waals surface area contributed by atoms with Crippen molar-refractivity contribution in [2.45, 2.75) is 46.6 Å². The molecular formula is C16H24N2. The van der Waals surface area contributed by atoms with E-state index in [-0.39, 0.29) is 0 Å². The maximum absolute atomic E-state index is 3.52. The molecule has 1 heterocycles. The molecule has 0 aliphatic carbocycles. The van der Waals surface area contributed by atoms with Crippen molar-refractivity contribution in [3.8, 4) is 0 Å². The summed E-state index contributed by atoms with van der Waals surface area (Å²) in [5.74, 6) is 0. The van der Waals surface area contributed by atoms with Gasteiger partial charge < -0.3 is 10.3 Å². The molecular weight excluding hydrogens is 220 g/mol. The lowest BCUT2D eigenvalue weighted by atomic mass is 10.0. The van der Waals surface area contributed by atoms with E-state index in [4.69, 9.17) is 0 Å². The maximum Gasteiger partial charge on any atom is 0.0488 e. The number of benzene rings is 1. The van der Waals surface area contributed by atoms with Crippen molar-refractivity contribution in [1.82, 2.24) is 10.3 Å². The van der Waals surface area contributed by atoms with Crippen LogP contribution in [0, 0.1) is 13.8 Å². The number of aromatic amines is 1. The van der Waals surface area contributed by atoms with Crippen LogP contribution in [0.4, 0.5) is 0 Å². The molecule has 0 amide bonds. The number of aromatic nitrogens is 1. The van der Waals surface area contributed by atoms with Gasteiger partial charge in [0.25, 0.3) is 0 Å². The van der Waals surface area contributed by atoms with E-state index in [9.17, 15) is 0 Å². The summed E-state index contributed by atoms with van der Waals surface area (Å²) in [6.45, 7) is 9.84. The molecule has 2 N–H and O–H groups in total. The number of para-hydroxylation sites is 1. The molecule has 1 aromatic heterocycles. The molecule has 0 aliphatic rings. The fourth-order valence-electron chi connectivity index (χ4n) is 2.53. The topological polar surface area (TPSA) is 27.8 Å². The van der Waals surface area contributed by atoms with E-state index in [0.29, 0.717) is 6.04 Å². The lowest BCUT2D eigenvalue weighted by molar-refractivity contribution is 0.570. The minimum atomic E-state index is 0.580. The van der Waals surface area contributed by atoms with Crippen LogP contribution in [-0.4, -0.2) is 17.6 Å². The molecule has 98 valence electrons. The minimum absolute atomic E-state index is 0.580. The van der Waals surface area contributed by atoms with Gasteiger partial charge in [0.15, 0.2) is 0 Å². The van der Waals surface area contributed by atoms with Gasteiger partial charge in [-0.3, -0.25) is 0 Å². The van der Waals surface area contributed by atoms with Crippen LogP contribution in [0.3, 0.4) is 0 Å². The molecule has 0 fully saturated rings. The zero-order valence-electron chi connectivity index (χ0n) is 11.9. The van der Waals surface area contributed by atoms with Gasteiger partial charge in [0.2, 0.25) is 0 Å². The van der Waals surface area contributed by atoms with Crippen LogP contribution >= 0.6 is 0 Å². The molecule has 18 heavy (non-hydrogen) atoms. The summed E-state index contributed by atoms with van der Waals surface area (Å²) in [5, 5.41) is 4.88. The molecule has 0 bridgehead atoms. The predicted molar refractivity (Wildman–Crippen MR) is 79.2 cm³/mol. The average molecular weight is 244 g/mol. The Morgan fingerprint density at radius 3 is 2.72 bits per heavy atom. The standard InChI is InChI=1S/C16H24N2/c1-11(2)17-10-6-9-14-13(4)18-16-12(3)7-5-8-15(14)16/h5,7-8,11,17-18H,6,9-10H2,1-4H3. The molecule has 2 rings (SSSR count). The Morgan fingerprint density at radius 2 is 2.00 bits per heavy atom. The zero-order valence-corrected chi connectivity index (χ0v) is 11.9. The third-order valence-corrected chi connectivity index (χ3v) is 3.52. The molecule has 0 atom stereocenters. The van der Waals surface area contributed by atoms with Gasteiger partial charge in [0.05, 0.1) is 0 Å². The van der Waals surface area contributed by atoms with E-state index >= 15 is 0 Å². The lowest BCUT2D eigenvalue weighted by Gasteiger charge is -2.07. The van der Waals surface area contributed by atoms with Crippen LogP contribution < -0.4 is 5.32 Å². The van der Waals surface area contributed by atoms with Gasteiger partial charge in [-0.15, -0.1) is 0 Å². The highest BCUT2D eigenvalue weighted by molar-refractivity contribution is 5.87. The van der Waals surface area contributed by atoms with Crippen LogP contribution in [0.15, 0.2) is 18.2 Å². The van der Waals surface area contributed by atoms with Gasteiger partial charge in [-0.2, -0.15) is 0 Å². The third-order valence-electron chi connectivity index (χ3n) is 3.52. The first-order chi connectivity index (χ1) is 8.59. The summed E-state index contributed by atoms with van der Waals surface area (Å²) in [5.41, 5.74) is 5.45.